The molecule has 1 atom stereocenters. The molecule has 92 valence electrons. The molecule has 1 saturated carbocycles. The molecule has 0 heterocycles. The number of ketones is 1. The van der Waals surface area contributed by atoms with Gasteiger partial charge in [-0.05, 0) is 18.4 Å². The molecule has 1 aliphatic rings. The largest absolute Gasteiger partial charge is 0.300 e. The minimum absolute atomic E-state index is 0.468. The molecule has 0 amide bonds. The van der Waals surface area contributed by atoms with E-state index in [2.05, 4.69) is 24.3 Å². The van der Waals surface area contributed by atoms with E-state index < -0.39 is 0 Å². The zero-order valence-corrected chi connectivity index (χ0v) is 11.0. The van der Waals surface area contributed by atoms with Crippen LogP contribution >= 0.6 is 11.8 Å². The molecule has 1 nitrogen and oxygen atoms in total. The van der Waals surface area contributed by atoms with Crippen molar-refractivity contribution in [3.05, 3.63) is 35.9 Å². The maximum atomic E-state index is 11.6. The Morgan fingerprint density at radius 3 is 2.76 bits per heavy atom. The maximum absolute atomic E-state index is 11.6. The van der Waals surface area contributed by atoms with Gasteiger partial charge >= 0.3 is 0 Å². The van der Waals surface area contributed by atoms with Crippen LogP contribution in [0.3, 0.4) is 0 Å². The molecule has 0 bridgehead atoms. The molecule has 1 aromatic rings. The summed E-state index contributed by atoms with van der Waals surface area (Å²) < 4.78 is 0. The highest BCUT2D eigenvalue weighted by Gasteiger charge is 2.16. The van der Waals surface area contributed by atoms with E-state index in [0.717, 1.165) is 25.0 Å². The lowest BCUT2D eigenvalue weighted by Gasteiger charge is -2.18. The number of carbonyl (C=O) groups excluding carboxylic acids is 1. The molecule has 2 heteroatoms. The van der Waals surface area contributed by atoms with Gasteiger partial charge in [0.15, 0.2) is 0 Å². The Morgan fingerprint density at radius 1 is 1.12 bits per heavy atom. The molecule has 0 radical (unpaired) electrons. The van der Waals surface area contributed by atoms with Crippen molar-refractivity contribution in [3.8, 4) is 0 Å². The lowest BCUT2D eigenvalue weighted by atomic mass is 10.00. The van der Waals surface area contributed by atoms with Gasteiger partial charge in [-0.3, -0.25) is 4.79 Å². The van der Waals surface area contributed by atoms with Crippen LogP contribution in [0.1, 0.15) is 44.1 Å². The number of thioether (sulfide) groups is 1. The smallest absolute Gasteiger partial charge is 0.134 e. The molecule has 1 aromatic carbocycles. The topological polar surface area (TPSA) is 17.1 Å². The SMILES string of the molecule is O=C1CCCCCC(SCc2ccccc2)C1. The summed E-state index contributed by atoms with van der Waals surface area (Å²) in [5, 5.41) is 0.544. The Kier molecular flexibility index (Phi) is 5.11. The lowest BCUT2D eigenvalue weighted by Crippen LogP contribution is -2.13. The van der Waals surface area contributed by atoms with Crippen LogP contribution in [0.25, 0.3) is 0 Å². The predicted molar refractivity (Wildman–Crippen MR) is 74.2 cm³/mol. The monoisotopic (exact) mass is 248 g/mol. The van der Waals surface area contributed by atoms with Crippen LogP contribution in [0.5, 0.6) is 0 Å². The van der Waals surface area contributed by atoms with Crippen molar-refractivity contribution in [2.24, 2.45) is 0 Å². The van der Waals surface area contributed by atoms with Crippen LogP contribution in [0, 0.1) is 0 Å². The minimum atomic E-state index is 0.468. The van der Waals surface area contributed by atoms with E-state index in [-0.39, 0.29) is 0 Å². The van der Waals surface area contributed by atoms with Gasteiger partial charge in [0.2, 0.25) is 0 Å². The van der Waals surface area contributed by atoms with Crippen LogP contribution in [0.4, 0.5) is 0 Å². The first-order valence-corrected chi connectivity index (χ1v) is 7.57. The quantitative estimate of drug-likeness (QED) is 0.797. The van der Waals surface area contributed by atoms with E-state index in [9.17, 15) is 4.79 Å². The van der Waals surface area contributed by atoms with Crippen molar-refractivity contribution in [3.63, 3.8) is 0 Å². The summed E-state index contributed by atoms with van der Waals surface area (Å²) in [6.45, 7) is 0. The highest BCUT2D eigenvalue weighted by atomic mass is 32.2. The Balaban J connectivity index is 1.82. The van der Waals surface area contributed by atoms with Gasteiger partial charge in [0.25, 0.3) is 0 Å². The summed E-state index contributed by atoms with van der Waals surface area (Å²) in [6, 6.07) is 10.5. The highest BCUT2D eigenvalue weighted by molar-refractivity contribution is 7.99. The molecule has 0 saturated heterocycles. The fourth-order valence-electron chi connectivity index (χ4n) is 2.26. The van der Waals surface area contributed by atoms with Crippen LogP contribution in [0.2, 0.25) is 0 Å². The predicted octanol–water partition coefficient (Wildman–Crippen LogP) is 4.21. The van der Waals surface area contributed by atoms with Crippen LogP contribution in [-0.2, 0) is 10.5 Å². The molecule has 0 aliphatic heterocycles. The van der Waals surface area contributed by atoms with Gasteiger partial charge in [0.05, 0.1) is 0 Å². The van der Waals surface area contributed by atoms with Gasteiger partial charge in [0, 0.05) is 23.8 Å². The number of hydrogen-bond donors (Lipinski definition) is 0. The van der Waals surface area contributed by atoms with E-state index in [0.29, 0.717) is 11.0 Å². The normalized spacial score (nSPS) is 21.9. The lowest BCUT2D eigenvalue weighted by molar-refractivity contribution is -0.119. The van der Waals surface area contributed by atoms with E-state index in [1.165, 1.54) is 24.8 Å². The van der Waals surface area contributed by atoms with Gasteiger partial charge in [-0.25, -0.2) is 0 Å². The van der Waals surface area contributed by atoms with Gasteiger partial charge in [0.1, 0.15) is 5.78 Å². The van der Waals surface area contributed by atoms with Crippen LogP contribution < -0.4 is 0 Å². The molecular weight excluding hydrogens is 228 g/mol. The molecule has 1 fully saturated rings. The average Bonchev–Trinajstić information content (AvgIpc) is 2.33. The molecule has 0 aromatic heterocycles. The summed E-state index contributed by atoms with van der Waals surface area (Å²) in [5.41, 5.74) is 1.37. The zero-order chi connectivity index (χ0) is 11.9. The van der Waals surface area contributed by atoms with Crippen molar-refractivity contribution in [2.75, 3.05) is 0 Å². The van der Waals surface area contributed by atoms with Gasteiger partial charge in [-0.2, -0.15) is 11.8 Å². The second kappa shape index (κ2) is 6.85. The number of carbonyl (C=O) groups is 1. The van der Waals surface area contributed by atoms with Gasteiger partial charge in [-0.1, -0.05) is 43.2 Å². The van der Waals surface area contributed by atoms with E-state index in [1.54, 1.807) is 0 Å². The minimum Gasteiger partial charge on any atom is -0.300 e. The third-order valence-corrected chi connectivity index (χ3v) is 4.64. The Hall–Kier alpha value is -0.760. The summed E-state index contributed by atoms with van der Waals surface area (Å²) >= 11 is 1.96. The van der Waals surface area contributed by atoms with Crippen molar-refractivity contribution >= 4 is 17.5 Å². The number of rotatable bonds is 3. The van der Waals surface area contributed by atoms with Crippen LogP contribution in [0.15, 0.2) is 30.3 Å². The third-order valence-electron chi connectivity index (χ3n) is 3.27. The second-order valence-electron chi connectivity index (χ2n) is 4.76. The first kappa shape index (κ1) is 12.7. The van der Waals surface area contributed by atoms with Gasteiger partial charge in [-0.15, -0.1) is 0 Å². The molecule has 17 heavy (non-hydrogen) atoms. The van der Waals surface area contributed by atoms with E-state index in [1.807, 2.05) is 17.8 Å². The number of benzene rings is 1. The standard InChI is InChI=1S/C15H20OS/c16-14-9-5-2-6-10-15(11-14)17-12-13-7-3-1-4-8-13/h1,3-4,7-8,15H,2,5-6,9-12H2. The fraction of sp³-hybridized carbons (Fsp3) is 0.533. The molecule has 1 aliphatic carbocycles. The highest BCUT2D eigenvalue weighted by Crippen LogP contribution is 2.27. The Morgan fingerprint density at radius 2 is 1.94 bits per heavy atom. The van der Waals surface area contributed by atoms with E-state index in [4.69, 9.17) is 0 Å². The Labute approximate surface area is 108 Å². The fourth-order valence-corrected chi connectivity index (χ4v) is 3.52. The summed E-state index contributed by atoms with van der Waals surface area (Å²) in [7, 11) is 0. The first-order valence-electron chi connectivity index (χ1n) is 6.52. The maximum Gasteiger partial charge on any atom is 0.134 e. The summed E-state index contributed by atoms with van der Waals surface area (Å²) in [4.78, 5) is 11.6. The second-order valence-corrected chi connectivity index (χ2v) is 6.05. The first-order chi connectivity index (χ1) is 8.34. The molecule has 1 unspecified atom stereocenters. The Bertz CT molecular complexity index is 347. The van der Waals surface area contributed by atoms with Crippen molar-refractivity contribution < 1.29 is 4.79 Å². The van der Waals surface area contributed by atoms with Crippen molar-refractivity contribution in [1.29, 1.82) is 0 Å². The molecule has 2 rings (SSSR count). The average molecular weight is 248 g/mol. The molecule has 0 spiro atoms. The molecule has 0 N–H and O–H groups in total. The van der Waals surface area contributed by atoms with Crippen LogP contribution in [-0.4, -0.2) is 11.0 Å². The van der Waals surface area contributed by atoms with Crippen molar-refractivity contribution in [1.82, 2.24) is 0 Å². The van der Waals surface area contributed by atoms with E-state index >= 15 is 0 Å². The summed E-state index contributed by atoms with van der Waals surface area (Å²) in [5.74, 6) is 1.51. The molecular formula is C15H20OS. The third kappa shape index (κ3) is 4.55. The number of Topliss-reactive ketones (excluding diaryl/α,β-unsaturated/α-hetero) is 1. The number of hydrogen-bond acceptors (Lipinski definition) is 2. The zero-order valence-electron chi connectivity index (χ0n) is 10.2. The summed E-state index contributed by atoms with van der Waals surface area (Å²) in [6.07, 6.45) is 6.44. The van der Waals surface area contributed by atoms with Gasteiger partial charge < -0.3 is 0 Å². The van der Waals surface area contributed by atoms with Crippen molar-refractivity contribution in [2.45, 2.75) is 49.5 Å².